The molecule has 17 heavy (non-hydrogen) atoms. The molecule has 0 aliphatic rings. The van der Waals surface area contributed by atoms with Crippen LogP contribution < -0.4 is 0 Å². The average molecular weight is 263 g/mol. The van der Waals surface area contributed by atoms with E-state index in [-0.39, 0.29) is 6.61 Å². The van der Waals surface area contributed by atoms with Crippen LogP contribution in [0.25, 0.3) is 0 Å². The summed E-state index contributed by atoms with van der Waals surface area (Å²) in [5.41, 5.74) is -0.526. The van der Waals surface area contributed by atoms with E-state index >= 15 is 0 Å². The van der Waals surface area contributed by atoms with Crippen molar-refractivity contribution in [1.82, 2.24) is 4.90 Å². The van der Waals surface area contributed by atoms with Crippen LogP contribution in [-0.4, -0.2) is 48.0 Å². The minimum absolute atomic E-state index is 0.138. The lowest BCUT2D eigenvalue weighted by Gasteiger charge is -2.24. The van der Waals surface area contributed by atoms with E-state index in [1.807, 2.05) is 0 Å². The molecule has 0 aromatic heterocycles. The molecule has 1 unspecified atom stereocenters. The van der Waals surface area contributed by atoms with Gasteiger partial charge in [0.25, 0.3) is 0 Å². The molecule has 0 aliphatic carbocycles. The van der Waals surface area contributed by atoms with Crippen LogP contribution in [0.5, 0.6) is 0 Å². The maximum atomic E-state index is 11.5. The molecular weight excluding hydrogens is 242 g/mol. The first-order valence-corrected chi connectivity index (χ1v) is 5.94. The van der Waals surface area contributed by atoms with Crippen molar-refractivity contribution in [3.05, 3.63) is 0 Å². The van der Waals surface area contributed by atoms with Crippen LogP contribution in [0.2, 0.25) is 0 Å². The number of likely N-dealkylation sites (N-methyl/N-ethyl adjacent to an activating group) is 1. The van der Waals surface area contributed by atoms with Crippen molar-refractivity contribution in [1.29, 1.82) is 0 Å². The van der Waals surface area contributed by atoms with Crippen molar-refractivity contribution in [3.8, 4) is 0 Å². The van der Waals surface area contributed by atoms with Gasteiger partial charge in [0.15, 0.2) is 0 Å². The number of carbonyl (C=O) groups excluding carboxylic acids is 2. The first-order valence-electron chi connectivity index (χ1n) is 5.42. The summed E-state index contributed by atoms with van der Waals surface area (Å²) in [5, 5.41) is -0.457. The summed E-state index contributed by atoms with van der Waals surface area (Å²) in [7, 11) is 1.59. The summed E-state index contributed by atoms with van der Waals surface area (Å²) in [5.74, 6) is -0.397. The van der Waals surface area contributed by atoms with Crippen LogP contribution >= 0.6 is 12.6 Å². The number of ether oxygens (including phenoxy) is 2. The molecule has 0 fully saturated rings. The molecule has 0 aromatic carbocycles. The number of amides is 1. The Labute approximate surface area is 108 Å². The molecule has 0 heterocycles. The number of hydrogen-bond acceptors (Lipinski definition) is 5. The Morgan fingerprint density at radius 3 is 2.29 bits per heavy atom. The molecule has 5 nitrogen and oxygen atoms in total. The van der Waals surface area contributed by atoms with Crippen LogP contribution in [0.4, 0.5) is 4.79 Å². The SMILES string of the molecule is CC(S)C(=O)OCCN(C)C(=O)OC(C)(C)C. The van der Waals surface area contributed by atoms with E-state index in [1.54, 1.807) is 34.7 Å². The second-order valence-corrected chi connectivity index (χ2v) is 5.52. The van der Waals surface area contributed by atoms with Crippen LogP contribution in [-0.2, 0) is 14.3 Å². The van der Waals surface area contributed by atoms with Gasteiger partial charge in [-0.1, -0.05) is 0 Å². The number of hydrogen-bond donors (Lipinski definition) is 1. The molecule has 0 rings (SSSR count). The maximum absolute atomic E-state index is 11.5. The van der Waals surface area contributed by atoms with Gasteiger partial charge in [-0.05, 0) is 27.7 Å². The molecule has 0 N–H and O–H groups in total. The van der Waals surface area contributed by atoms with E-state index in [0.29, 0.717) is 6.54 Å². The van der Waals surface area contributed by atoms with Crippen LogP contribution in [0.1, 0.15) is 27.7 Å². The Morgan fingerprint density at radius 2 is 1.88 bits per heavy atom. The largest absolute Gasteiger partial charge is 0.463 e. The van der Waals surface area contributed by atoms with Crippen molar-refractivity contribution < 1.29 is 19.1 Å². The Kier molecular flexibility index (Phi) is 6.37. The van der Waals surface area contributed by atoms with Crippen LogP contribution in [0.3, 0.4) is 0 Å². The third kappa shape index (κ3) is 7.90. The van der Waals surface area contributed by atoms with Crippen molar-refractivity contribution in [2.75, 3.05) is 20.2 Å². The maximum Gasteiger partial charge on any atom is 0.410 e. The Bertz CT molecular complexity index is 273. The van der Waals surface area contributed by atoms with E-state index in [1.165, 1.54) is 4.90 Å². The molecular formula is C11H21NO4S. The fraction of sp³-hybridized carbons (Fsp3) is 0.818. The quantitative estimate of drug-likeness (QED) is 0.620. The first kappa shape index (κ1) is 16.1. The Balaban J connectivity index is 3.91. The summed E-state index contributed by atoms with van der Waals surface area (Å²) in [4.78, 5) is 24.0. The molecule has 6 heteroatoms. The third-order valence-electron chi connectivity index (χ3n) is 1.72. The van der Waals surface area contributed by atoms with E-state index in [2.05, 4.69) is 12.6 Å². The molecule has 0 saturated heterocycles. The van der Waals surface area contributed by atoms with Gasteiger partial charge in [0.05, 0.1) is 11.8 Å². The highest BCUT2D eigenvalue weighted by Gasteiger charge is 2.19. The zero-order valence-electron chi connectivity index (χ0n) is 11.0. The standard InChI is InChI=1S/C11H21NO4S/c1-8(17)9(13)15-7-6-12(5)10(14)16-11(2,3)4/h8,17H,6-7H2,1-5H3. The fourth-order valence-corrected chi connectivity index (χ4v) is 0.909. The van der Waals surface area contributed by atoms with Gasteiger partial charge >= 0.3 is 12.1 Å². The van der Waals surface area contributed by atoms with Gasteiger partial charge in [-0.15, -0.1) is 0 Å². The Hall–Kier alpha value is -0.910. The first-order chi connectivity index (χ1) is 7.63. The Morgan fingerprint density at radius 1 is 1.35 bits per heavy atom. The summed E-state index contributed by atoms with van der Waals surface area (Å²) in [6.07, 6.45) is -0.438. The smallest absolute Gasteiger partial charge is 0.410 e. The summed E-state index contributed by atoms with van der Waals surface area (Å²) < 4.78 is 10.0. The lowest BCUT2D eigenvalue weighted by atomic mass is 10.2. The van der Waals surface area contributed by atoms with Gasteiger partial charge in [0.1, 0.15) is 12.2 Å². The fourth-order valence-electron chi connectivity index (χ4n) is 0.835. The van der Waals surface area contributed by atoms with Gasteiger partial charge < -0.3 is 14.4 Å². The van der Waals surface area contributed by atoms with E-state index in [4.69, 9.17) is 9.47 Å². The topological polar surface area (TPSA) is 55.8 Å². The second-order valence-electron chi connectivity index (χ2n) is 4.75. The highest BCUT2D eigenvalue weighted by atomic mass is 32.1. The molecule has 0 aliphatic heterocycles. The average Bonchev–Trinajstić information content (AvgIpc) is 2.14. The van der Waals surface area contributed by atoms with Gasteiger partial charge in [0, 0.05) is 7.05 Å². The molecule has 1 amide bonds. The van der Waals surface area contributed by atoms with Crippen molar-refractivity contribution in [3.63, 3.8) is 0 Å². The molecule has 0 bridgehead atoms. The number of nitrogens with zero attached hydrogens (tertiary/aromatic N) is 1. The summed E-state index contributed by atoms with van der Waals surface area (Å²) >= 11 is 3.93. The number of rotatable bonds is 4. The summed E-state index contributed by atoms with van der Waals surface area (Å²) in [6.45, 7) is 7.44. The number of carbonyl (C=O) groups is 2. The highest BCUT2D eigenvalue weighted by Crippen LogP contribution is 2.08. The second kappa shape index (κ2) is 6.74. The molecule has 0 radical (unpaired) electrons. The lowest BCUT2D eigenvalue weighted by molar-refractivity contribution is -0.142. The number of esters is 1. The predicted octanol–water partition coefficient (Wildman–Crippen LogP) is 1.71. The van der Waals surface area contributed by atoms with E-state index in [9.17, 15) is 9.59 Å². The minimum atomic E-state index is -0.526. The predicted molar refractivity (Wildman–Crippen MR) is 68.3 cm³/mol. The van der Waals surface area contributed by atoms with Gasteiger partial charge in [-0.3, -0.25) is 4.79 Å². The zero-order chi connectivity index (χ0) is 13.6. The van der Waals surface area contributed by atoms with E-state index < -0.39 is 22.9 Å². The molecule has 100 valence electrons. The van der Waals surface area contributed by atoms with Gasteiger partial charge in [-0.2, -0.15) is 12.6 Å². The highest BCUT2D eigenvalue weighted by molar-refractivity contribution is 7.81. The van der Waals surface area contributed by atoms with E-state index in [0.717, 1.165) is 0 Å². The van der Waals surface area contributed by atoms with Gasteiger partial charge in [-0.25, -0.2) is 4.79 Å². The molecule has 0 aromatic rings. The normalized spacial score (nSPS) is 12.8. The van der Waals surface area contributed by atoms with Crippen molar-refractivity contribution in [2.24, 2.45) is 0 Å². The van der Waals surface area contributed by atoms with Crippen molar-refractivity contribution >= 4 is 24.7 Å². The monoisotopic (exact) mass is 263 g/mol. The van der Waals surface area contributed by atoms with Crippen molar-refractivity contribution in [2.45, 2.75) is 38.5 Å². The zero-order valence-corrected chi connectivity index (χ0v) is 11.9. The lowest BCUT2D eigenvalue weighted by Crippen LogP contribution is -2.36. The third-order valence-corrected chi connectivity index (χ3v) is 1.93. The summed E-state index contributed by atoms with van der Waals surface area (Å²) in [6, 6.07) is 0. The molecule has 0 spiro atoms. The van der Waals surface area contributed by atoms with Crippen LogP contribution in [0.15, 0.2) is 0 Å². The number of thiol groups is 1. The van der Waals surface area contributed by atoms with Crippen LogP contribution in [0, 0.1) is 0 Å². The molecule has 1 atom stereocenters. The molecule has 0 saturated carbocycles. The van der Waals surface area contributed by atoms with Gasteiger partial charge in [0.2, 0.25) is 0 Å². The minimum Gasteiger partial charge on any atom is -0.463 e.